The summed E-state index contributed by atoms with van der Waals surface area (Å²) in [6, 6.07) is 8.44. The minimum atomic E-state index is 1.22. The summed E-state index contributed by atoms with van der Waals surface area (Å²) >= 11 is 1.76. The van der Waals surface area contributed by atoms with Crippen molar-refractivity contribution in [3.05, 3.63) is 48.6 Å². The largest absolute Gasteiger partial charge is 0.130 e. The van der Waals surface area contributed by atoms with E-state index in [2.05, 4.69) is 37.1 Å². The van der Waals surface area contributed by atoms with Crippen LogP contribution in [0.4, 0.5) is 0 Å². The van der Waals surface area contributed by atoms with Gasteiger partial charge in [0.1, 0.15) is 0 Å². The van der Waals surface area contributed by atoms with Crippen LogP contribution in [0, 0.1) is 0 Å². The van der Waals surface area contributed by atoms with Gasteiger partial charge in [0.15, 0.2) is 0 Å². The molecule has 0 aliphatic heterocycles. The molecular weight excluding hydrogens is 164 g/mol. The van der Waals surface area contributed by atoms with Crippen LogP contribution in [0.5, 0.6) is 0 Å². The van der Waals surface area contributed by atoms with Gasteiger partial charge in [-0.2, -0.15) is 0 Å². The summed E-state index contributed by atoms with van der Waals surface area (Å²) in [6.45, 7) is 3.62. The normalized spacial score (nSPS) is 10.4. The van der Waals surface area contributed by atoms with Crippen LogP contribution in [0.15, 0.2) is 47.9 Å². The molecule has 1 aromatic carbocycles. The predicted octanol–water partition coefficient (Wildman–Crippen LogP) is 3.61. The van der Waals surface area contributed by atoms with E-state index in [1.165, 1.54) is 10.5 Å². The molecule has 0 unspecified atom stereocenters. The maximum Gasteiger partial charge on any atom is 0.00695 e. The summed E-state index contributed by atoms with van der Waals surface area (Å²) in [5.41, 5.74) is 1.22. The van der Waals surface area contributed by atoms with Gasteiger partial charge in [-0.15, -0.1) is 11.8 Å². The summed E-state index contributed by atoms with van der Waals surface area (Å²) in [4.78, 5) is 1.30. The Morgan fingerprint density at radius 3 is 2.42 bits per heavy atom. The van der Waals surface area contributed by atoms with Crippen molar-refractivity contribution in [2.45, 2.75) is 4.90 Å². The van der Waals surface area contributed by atoms with Gasteiger partial charge in [-0.1, -0.05) is 36.9 Å². The maximum absolute atomic E-state index is 3.62. The Bertz CT molecular complexity index is 270. The van der Waals surface area contributed by atoms with E-state index in [1.54, 1.807) is 17.8 Å². The first-order chi connectivity index (χ1) is 5.86. The Morgan fingerprint density at radius 1 is 1.25 bits per heavy atom. The fourth-order valence-electron chi connectivity index (χ4n) is 0.894. The van der Waals surface area contributed by atoms with Crippen LogP contribution in [-0.4, -0.2) is 6.26 Å². The number of hydrogen-bond donors (Lipinski definition) is 0. The van der Waals surface area contributed by atoms with E-state index in [1.807, 2.05) is 12.2 Å². The van der Waals surface area contributed by atoms with Gasteiger partial charge in [0.2, 0.25) is 0 Å². The molecule has 1 rings (SSSR count). The Morgan fingerprint density at radius 2 is 1.92 bits per heavy atom. The first-order valence-electron chi connectivity index (χ1n) is 3.80. The number of hydrogen-bond acceptors (Lipinski definition) is 1. The van der Waals surface area contributed by atoms with Crippen LogP contribution in [-0.2, 0) is 0 Å². The highest BCUT2D eigenvalue weighted by atomic mass is 32.2. The molecule has 12 heavy (non-hydrogen) atoms. The highest BCUT2D eigenvalue weighted by molar-refractivity contribution is 7.98. The highest BCUT2D eigenvalue weighted by Crippen LogP contribution is 2.15. The van der Waals surface area contributed by atoms with Crippen molar-refractivity contribution in [3.63, 3.8) is 0 Å². The molecule has 0 heterocycles. The lowest BCUT2D eigenvalue weighted by atomic mass is 10.2. The van der Waals surface area contributed by atoms with E-state index in [0.717, 1.165) is 0 Å². The first-order valence-corrected chi connectivity index (χ1v) is 5.02. The summed E-state index contributed by atoms with van der Waals surface area (Å²) in [6.07, 6.45) is 7.84. The second-order valence-corrected chi connectivity index (χ2v) is 3.25. The zero-order valence-electron chi connectivity index (χ0n) is 7.16. The van der Waals surface area contributed by atoms with Gasteiger partial charge in [0.25, 0.3) is 0 Å². The van der Waals surface area contributed by atoms with Gasteiger partial charge in [-0.25, -0.2) is 0 Å². The molecular formula is C11H12S. The van der Waals surface area contributed by atoms with E-state index in [9.17, 15) is 0 Å². The first kappa shape index (κ1) is 9.14. The van der Waals surface area contributed by atoms with Crippen molar-refractivity contribution in [1.82, 2.24) is 0 Å². The third-order valence-corrected chi connectivity index (χ3v) is 2.28. The van der Waals surface area contributed by atoms with E-state index in [4.69, 9.17) is 0 Å². The van der Waals surface area contributed by atoms with Crippen LogP contribution >= 0.6 is 11.8 Å². The minimum absolute atomic E-state index is 1.22. The van der Waals surface area contributed by atoms with Crippen molar-refractivity contribution in [3.8, 4) is 0 Å². The molecule has 0 radical (unpaired) electrons. The van der Waals surface area contributed by atoms with Crippen molar-refractivity contribution in [2.24, 2.45) is 0 Å². The molecule has 0 N–H and O–H groups in total. The van der Waals surface area contributed by atoms with Crippen LogP contribution in [0.3, 0.4) is 0 Å². The van der Waals surface area contributed by atoms with Gasteiger partial charge >= 0.3 is 0 Å². The molecule has 0 amide bonds. The Labute approximate surface area is 78.0 Å². The summed E-state index contributed by atoms with van der Waals surface area (Å²) in [5.74, 6) is 0. The molecule has 0 aromatic heterocycles. The quantitative estimate of drug-likeness (QED) is 0.501. The van der Waals surface area contributed by atoms with E-state index in [-0.39, 0.29) is 0 Å². The minimum Gasteiger partial charge on any atom is -0.130 e. The van der Waals surface area contributed by atoms with Crippen LogP contribution in [0.2, 0.25) is 0 Å². The Kier molecular flexibility index (Phi) is 3.68. The van der Waals surface area contributed by atoms with E-state index in [0.29, 0.717) is 0 Å². The predicted molar refractivity (Wildman–Crippen MR) is 57.5 cm³/mol. The summed E-state index contributed by atoms with van der Waals surface area (Å²) in [5, 5.41) is 0. The summed E-state index contributed by atoms with van der Waals surface area (Å²) < 4.78 is 0. The van der Waals surface area contributed by atoms with Crippen molar-refractivity contribution in [2.75, 3.05) is 6.26 Å². The molecule has 1 heteroatoms. The van der Waals surface area contributed by atoms with Crippen LogP contribution < -0.4 is 0 Å². The van der Waals surface area contributed by atoms with Gasteiger partial charge < -0.3 is 0 Å². The Hall–Kier alpha value is -0.950. The van der Waals surface area contributed by atoms with E-state index >= 15 is 0 Å². The van der Waals surface area contributed by atoms with E-state index < -0.39 is 0 Å². The van der Waals surface area contributed by atoms with Crippen molar-refractivity contribution >= 4 is 17.8 Å². The zero-order valence-corrected chi connectivity index (χ0v) is 7.97. The molecule has 0 aliphatic carbocycles. The number of allylic oxidation sites excluding steroid dienone is 2. The Balaban J connectivity index is 2.77. The van der Waals surface area contributed by atoms with Gasteiger partial charge in [-0.3, -0.25) is 0 Å². The lowest BCUT2D eigenvalue weighted by Gasteiger charge is -1.95. The molecule has 0 saturated carbocycles. The SMILES string of the molecule is C=CC=Cc1ccc(SC)cc1. The van der Waals surface area contributed by atoms with Gasteiger partial charge in [0, 0.05) is 4.90 Å². The molecule has 0 saturated heterocycles. The molecule has 62 valence electrons. The van der Waals surface area contributed by atoms with Crippen molar-refractivity contribution < 1.29 is 0 Å². The molecule has 1 aromatic rings. The second-order valence-electron chi connectivity index (χ2n) is 2.37. The summed E-state index contributed by atoms with van der Waals surface area (Å²) in [7, 11) is 0. The number of benzene rings is 1. The average molecular weight is 176 g/mol. The second kappa shape index (κ2) is 4.83. The standard InChI is InChI=1S/C11H12S/c1-3-4-5-10-6-8-11(12-2)9-7-10/h3-9H,1H2,2H3. The number of rotatable bonds is 3. The lowest BCUT2D eigenvalue weighted by Crippen LogP contribution is -1.71. The van der Waals surface area contributed by atoms with Gasteiger partial charge in [0.05, 0.1) is 0 Å². The average Bonchev–Trinajstić information content (AvgIpc) is 2.15. The molecule has 0 aliphatic rings. The number of thioether (sulfide) groups is 1. The molecule has 0 fully saturated rings. The van der Waals surface area contributed by atoms with Crippen molar-refractivity contribution in [1.29, 1.82) is 0 Å². The highest BCUT2D eigenvalue weighted by Gasteiger charge is 1.87. The molecule has 0 nitrogen and oxygen atoms in total. The maximum atomic E-state index is 3.62. The molecule has 0 bridgehead atoms. The van der Waals surface area contributed by atoms with Gasteiger partial charge in [-0.05, 0) is 24.0 Å². The topological polar surface area (TPSA) is 0 Å². The third-order valence-electron chi connectivity index (χ3n) is 1.54. The third kappa shape index (κ3) is 2.59. The monoisotopic (exact) mass is 176 g/mol. The fourth-order valence-corrected chi connectivity index (χ4v) is 1.30. The molecule has 0 atom stereocenters. The van der Waals surface area contributed by atoms with Crippen LogP contribution in [0.25, 0.3) is 6.08 Å². The lowest BCUT2D eigenvalue weighted by molar-refractivity contribution is 1.45. The van der Waals surface area contributed by atoms with Crippen LogP contribution in [0.1, 0.15) is 5.56 Å². The smallest absolute Gasteiger partial charge is 0.00695 e. The zero-order chi connectivity index (χ0) is 8.81. The molecule has 0 spiro atoms. The fraction of sp³-hybridized carbons (Fsp3) is 0.0909.